The number of nitrogens with one attached hydrogen (secondary N) is 2. The molecule has 0 radical (unpaired) electrons. The van der Waals surface area contributed by atoms with E-state index in [9.17, 15) is 9.59 Å². The molecule has 0 saturated carbocycles. The second-order valence-corrected chi connectivity index (χ2v) is 7.63. The number of methoxy groups -OCH3 is 2. The van der Waals surface area contributed by atoms with E-state index in [4.69, 9.17) is 14.2 Å². The molecule has 32 heavy (non-hydrogen) atoms. The van der Waals surface area contributed by atoms with E-state index in [1.54, 1.807) is 31.3 Å². The Labute approximate surface area is 186 Å². The molecule has 1 aliphatic rings. The van der Waals surface area contributed by atoms with E-state index in [0.29, 0.717) is 24.5 Å². The van der Waals surface area contributed by atoms with Gasteiger partial charge in [-0.05, 0) is 30.2 Å². The fraction of sp³-hybridized carbons (Fsp3) is 0.333. The lowest BCUT2D eigenvalue weighted by molar-refractivity contribution is -0.155. The highest BCUT2D eigenvalue weighted by atomic mass is 16.5. The highest BCUT2D eigenvalue weighted by Gasteiger charge is 2.34. The number of hydrogen-bond donors (Lipinski definition) is 2. The molecule has 0 bridgehead atoms. The van der Waals surface area contributed by atoms with E-state index in [1.807, 2.05) is 30.5 Å². The third-order valence-corrected chi connectivity index (χ3v) is 5.70. The molecule has 2 amide bonds. The van der Waals surface area contributed by atoms with Crippen LogP contribution in [-0.4, -0.2) is 61.7 Å². The Morgan fingerprint density at radius 1 is 1.19 bits per heavy atom. The van der Waals surface area contributed by atoms with Crippen LogP contribution >= 0.6 is 0 Å². The topological polar surface area (TPSA) is 92.9 Å². The van der Waals surface area contributed by atoms with Crippen LogP contribution in [0, 0.1) is 0 Å². The van der Waals surface area contributed by atoms with Crippen LogP contribution in [-0.2, 0) is 27.3 Å². The zero-order chi connectivity index (χ0) is 22.5. The maximum Gasteiger partial charge on any atom is 0.249 e. The fourth-order valence-corrected chi connectivity index (χ4v) is 3.96. The number of fused-ring (bicyclic) bond motifs is 1. The first-order valence-electron chi connectivity index (χ1n) is 10.5. The lowest BCUT2D eigenvalue weighted by Crippen LogP contribution is -2.56. The van der Waals surface area contributed by atoms with Crippen molar-refractivity contribution in [3.8, 4) is 11.5 Å². The SMILES string of the molecule is COc1ccc(CN2C(=O)COC[C@H]2C(=O)NCCc2c[nH]c3ccccc23)c(OC)c1. The molecule has 3 aromatic rings. The van der Waals surface area contributed by atoms with Crippen molar-refractivity contribution in [3.05, 3.63) is 59.8 Å². The number of para-hydroxylation sites is 1. The summed E-state index contributed by atoms with van der Waals surface area (Å²) in [6, 6.07) is 12.8. The molecule has 1 aromatic heterocycles. The predicted molar refractivity (Wildman–Crippen MR) is 120 cm³/mol. The van der Waals surface area contributed by atoms with E-state index in [-0.39, 0.29) is 31.6 Å². The number of benzene rings is 2. The van der Waals surface area contributed by atoms with E-state index in [2.05, 4.69) is 16.4 Å². The summed E-state index contributed by atoms with van der Waals surface area (Å²) >= 11 is 0. The first-order valence-corrected chi connectivity index (χ1v) is 10.5. The van der Waals surface area contributed by atoms with Gasteiger partial charge in [0.15, 0.2) is 0 Å². The number of nitrogens with zero attached hydrogens (tertiary/aromatic N) is 1. The quantitative estimate of drug-likeness (QED) is 0.564. The molecule has 168 valence electrons. The minimum absolute atomic E-state index is 0.0441. The molecule has 1 atom stereocenters. The van der Waals surface area contributed by atoms with Gasteiger partial charge in [0.1, 0.15) is 24.1 Å². The number of aromatic amines is 1. The van der Waals surface area contributed by atoms with Crippen LogP contribution in [0.5, 0.6) is 11.5 Å². The fourth-order valence-electron chi connectivity index (χ4n) is 3.96. The summed E-state index contributed by atoms with van der Waals surface area (Å²) in [6.07, 6.45) is 2.65. The number of morpholine rings is 1. The molecular formula is C24H27N3O5. The molecule has 4 rings (SSSR count). The number of rotatable bonds is 8. The van der Waals surface area contributed by atoms with Crippen LogP contribution in [0.1, 0.15) is 11.1 Å². The van der Waals surface area contributed by atoms with E-state index in [1.165, 1.54) is 0 Å². The van der Waals surface area contributed by atoms with Crippen molar-refractivity contribution >= 4 is 22.7 Å². The standard InChI is InChI=1S/C24H27N3O5/c1-30-18-8-7-17(22(11-18)31-2)13-27-21(14-32-15-23(27)28)24(29)25-10-9-16-12-26-20-6-4-3-5-19(16)20/h3-8,11-12,21,26H,9-10,13-15H2,1-2H3,(H,25,29)/t21-/m0/s1. The van der Waals surface area contributed by atoms with Crippen LogP contribution in [0.4, 0.5) is 0 Å². The zero-order valence-corrected chi connectivity index (χ0v) is 18.2. The second kappa shape index (κ2) is 9.74. The third kappa shape index (κ3) is 4.55. The van der Waals surface area contributed by atoms with Gasteiger partial charge in [0.25, 0.3) is 0 Å². The van der Waals surface area contributed by atoms with Crippen molar-refractivity contribution in [2.45, 2.75) is 19.0 Å². The molecule has 1 aliphatic heterocycles. The molecule has 8 nitrogen and oxygen atoms in total. The Kier molecular flexibility index (Phi) is 6.61. The predicted octanol–water partition coefficient (Wildman–Crippen LogP) is 2.27. The molecule has 2 aromatic carbocycles. The normalized spacial score (nSPS) is 16.2. The summed E-state index contributed by atoms with van der Waals surface area (Å²) in [5, 5.41) is 4.11. The van der Waals surface area contributed by atoms with Crippen molar-refractivity contribution in [1.82, 2.24) is 15.2 Å². The van der Waals surface area contributed by atoms with Crippen LogP contribution in [0.3, 0.4) is 0 Å². The molecule has 2 N–H and O–H groups in total. The second-order valence-electron chi connectivity index (χ2n) is 7.63. The first kappa shape index (κ1) is 21.7. The Morgan fingerprint density at radius 2 is 2.03 bits per heavy atom. The average Bonchev–Trinajstić information content (AvgIpc) is 3.23. The number of ether oxygens (including phenoxy) is 3. The molecule has 1 saturated heterocycles. The van der Waals surface area contributed by atoms with Gasteiger partial charge in [-0.3, -0.25) is 9.59 Å². The highest BCUT2D eigenvalue weighted by Crippen LogP contribution is 2.27. The Hall–Kier alpha value is -3.52. The summed E-state index contributed by atoms with van der Waals surface area (Å²) in [4.78, 5) is 30.3. The van der Waals surface area contributed by atoms with Gasteiger partial charge in [-0.2, -0.15) is 0 Å². The number of H-pyrrole nitrogens is 1. The number of aromatic nitrogens is 1. The first-order chi connectivity index (χ1) is 15.6. The van der Waals surface area contributed by atoms with Gasteiger partial charge in [0, 0.05) is 35.3 Å². The van der Waals surface area contributed by atoms with Gasteiger partial charge in [-0.15, -0.1) is 0 Å². The van der Waals surface area contributed by atoms with Crippen molar-refractivity contribution < 1.29 is 23.8 Å². The van der Waals surface area contributed by atoms with Crippen LogP contribution in [0.15, 0.2) is 48.7 Å². The van der Waals surface area contributed by atoms with Gasteiger partial charge in [-0.1, -0.05) is 18.2 Å². The van der Waals surface area contributed by atoms with Gasteiger partial charge in [0.2, 0.25) is 11.8 Å². The number of carbonyl (C=O) groups is 2. The maximum absolute atomic E-state index is 12.9. The van der Waals surface area contributed by atoms with Crippen molar-refractivity contribution in [2.24, 2.45) is 0 Å². The summed E-state index contributed by atoms with van der Waals surface area (Å²) in [5.41, 5.74) is 3.00. The highest BCUT2D eigenvalue weighted by molar-refractivity contribution is 5.89. The van der Waals surface area contributed by atoms with E-state index >= 15 is 0 Å². The molecular weight excluding hydrogens is 410 g/mol. The molecule has 0 aliphatic carbocycles. The van der Waals surface area contributed by atoms with Crippen molar-refractivity contribution in [3.63, 3.8) is 0 Å². The Balaban J connectivity index is 1.42. The monoisotopic (exact) mass is 437 g/mol. The maximum atomic E-state index is 12.9. The minimum Gasteiger partial charge on any atom is -0.497 e. The van der Waals surface area contributed by atoms with Crippen molar-refractivity contribution in [1.29, 1.82) is 0 Å². The van der Waals surface area contributed by atoms with E-state index < -0.39 is 6.04 Å². The zero-order valence-electron chi connectivity index (χ0n) is 18.2. The molecule has 1 fully saturated rings. The largest absolute Gasteiger partial charge is 0.497 e. The van der Waals surface area contributed by atoms with Crippen LogP contribution in [0.2, 0.25) is 0 Å². The van der Waals surface area contributed by atoms with Gasteiger partial charge in [0.05, 0.1) is 27.4 Å². The summed E-state index contributed by atoms with van der Waals surface area (Å²) < 4.78 is 16.1. The van der Waals surface area contributed by atoms with Gasteiger partial charge >= 0.3 is 0 Å². The Bertz CT molecular complexity index is 1110. The number of amides is 2. The summed E-state index contributed by atoms with van der Waals surface area (Å²) in [7, 11) is 3.14. The summed E-state index contributed by atoms with van der Waals surface area (Å²) in [5.74, 6) is 0.795. The van der Waals surface area contributed by atoms with E-state index in [0.717, 1.165) is 22.0 Å². The number of hydrogen-bond acceptors (Lipinski definition) is 5. The Morgan fingerprint density at radius 3 is 2.84 bits per heavy atom. The average molecular weight is 437 g/mol. The van der Waals surface area contributed by atoms with Crippen molar-refractivity contribution in [2.75, 3.05) is 34.0 Å². The van der Waals surface area contributed by atoms with Gasteiger partial charge in [-0.25, -0.2) is 0 Å². The minimum atomic E-state index is -0.703. The van der Waals surface area contributed by atoms with Gasteiger partial charge < -0.3 is 29.4 Å². The van der Waals surface area contributed by atoms with Crippen LogP contribution in [0.25, 0.3) is 10.9 Å². The lowest BCUT2D eigenvalue weighted by Gasteiger charge is -2.34. The molecule has 2 heterocycles. The molecule has 0 spiro atoms. The number of carbonyl (C=O) groups excluding carboxylic acids is 2. The summed E-state index contributed by atoms with van der Waals surface area (Å²) in [6.45, 7) is 0.821. The molecule has 0 unspecified atom stereocenters. The van der Waals surface area contributed by atoms with Crippen LogP contribution < -0.4 is 14.8 Å². The lowest BCUT2D eigenvalue weighted by atomic mass is 10.1. The molecule has 8 heteroatoms. The third-order valence-electron chi connectivity index (χ3n) is 5.70. The smallest absolute Gasteiger partial charge is 0.249 e.